The smallest absolute Gasteiger partial charge is 0.253 e. The van der Waals surface area contributed by atoms with Crippen molar-refractivity contribution < 1.29 is 4.79 Å². The van der Waals surface area contributed by atoms with E-state index in [0.717, 1.165) is 24.4 Å². The second-order valence-corrected chi connectivity index (χ2v) is 5.61. The average molecular weight is 428 g/mol. The summed E-state index contributed by atoms with van der Waals surface area (Å²) in [6, 6.07) is 8.08. The largest absolute Gasteiger partial charge is 0.353 e. The normalized spacial score (nSPS) is 14.3. The molecule has 0 spiro atoms. The van der Waals surface area contributed by atoms with Crippen molar-refractivity contribution in [3.05, 3.63) is 47.5 Å². The first kappa shape index (κ1) is 19.5. The van der Waals surface area contributed by atoms with E-state index in [4.69, 9.17) is 0 Å². The molecule has 0 bridgehead atoms. The molecule has 1 aromatic carbocycles. The first-order chi connectivity index (χ1) is 10.6. The van der Waals surface area contributed by atoms with Crippen LogP contribution in [0.1, 0.15) is 28.8 Å². The number of nitrogens with zero attached hydrogens (tertiary/aromatic N) is 2. The SMILES string of the molecule is CN=C(NCc1ccc(C(=O)N(C)C)cc1)NC1CC=CC1.I. The van der Waals surface area contributed by atoms with Gasteiger partial charge in [0, 0.05) is 39.3 Å². The Balaban J connectivity index is 0.00000264. The highest BCUT2D eigenvalue weighted by atomic mass is 127. The van der Waals surface area contributed by atoms with Crippen molar-refractivity contribution in [2.24, 2.45) is 4.99 Å². The van der Waals surface area contributed by atoms with Crippen molar-refractivity contribution >= 4 is 35.8 Å². The lowest BCUT2D eigenvalue weighted by atomic mass is 10.1. The van der Waals surface area contributed by atoms with E-state index in [0.29, 0.717) is 18.2 Å². The van der Waals surface area contributed by atoms with Crippen LogP contribution in [0.2, 0.25) is 0 Å². The number of amides is 1. The van der Waals surface area contributed by atoms with Crippen LogP contribution in [0.25, 0.3) is 0 Å². The van der Waals surface area contributed by atoms with Crippen molar-refractivity contribution in [2.75, 3.05) is 21.1 Å². The second-order valence-electron chi connectivity index (χ2n) is 5.61. The van der Waals surface area contributed by atoms with E-state index in [9.17, 15) is 4.79 Å². The third-order valence-electron chi connectivity index (χ3n) is 3.64. The van der Waals surface area contributed by atoms with Gasteiger partial charge in [0.1, 0.15) is 0 Å². The Morgan fingerprint density at radius 1 is 1.22 bits per heavy atom. The van der Waals surface area contributed by atoms with Gasteiger partial charge in [0.25, 0.3) is 5.91 Å². The van der Waals surface area contributed by atoms with Crippen molar-refractivity contribution in [1.29, 1.82) is 0 Å². The summed E-state index contributed by atoms with van der Waals surface area (Å²) in [6.45, 7) is 0.677. The number of rotatable bonds is 4. The van der Waals surface area contributed by atoms with Crippen molar-refractivity contribution in [1.82, 2.24) is 15.5 Å². The number of halogens is 1. The molecule has 23 heavy (non-hydrogen) atoms. The van der Waals surface area contributed by atoms with Gasteiger partial charge in [0.05, 0.1) is 0 Å². The number of benzene rings is 1. The topological polar surface area (TPSA) is 56.7 Å². The van der Waals surface area contributed by atoms with E-state index >= 15 is 0 Å². The summed E-state index contributed by atoms with van der Waals surface area (Å²) in [5, 5.41) is 6.70. The minimum Gasteiger partial charge on any atom is -0.353 e. The Hall–Kier alpha value is -1.57. The molecule has 6 heteroatoms. The van der Waals surface area contributed by atoms with E-state index < -0.39 is 0 Å². The Morgan fingerprint density at radius 2 is 1.83 bits per heavy atom. The highest BCUT2D eigenvalue weighted by Gasteiger charge is 2.11. The molecular weight excluding hydrogens is 403 g/mol. The summed E-state index contributed by atoms with van der Waals surface area (Å²) >= 11 is 0. The van der Waals surface area contributed by atoms with Crippen molar-refractivity contribution in [3.8, 4) is 0 Å². The number of hydrogen-bond donors (Lipinski definition) is 2. The van der Waals surface area contributed by atoms with Gasteiger partial charge in [-0.05, 0) is 30.5 Å². The molecule has 1 aromatic rings. The molecule has 5 nitrogen and oxygen atoms in total. The van der Waals surface area contributed by atoms with Crippen molar-refractivity contribution in [3.63, 3.8) is 0 Å². The third kappa shape index (κ3) is 5.85. The molecule has 1 aliphatic rings. The summed E-state index contributed by atoms with van der Waals surface area (Å²) in [4.78, 5) is 17.7. The van der Waals surface area contributed by atoms with Gasteiger partial charge in [0.2, 0.25) is 0 Å². The Bertz CT molecular complexity index is 558. The zero-order valence-electron chi connectivity index (χ0n) is 13.9. The fourth-order valence-corrected chi connectivity index (χ4v) is 2.33. The summed E-state index contributed by atoms with van der Waals surface area (Å²) in [5.41, 5.74) is 1.82. The number of carbonyl (C=O) groups is 1. The van der Waals surface area contributed by atoms with E-state index in [1.807, 2.05) is 24.3 Å². The quantitative estimate of drug-likeness (QED) is 0.335. The van der Waals surface area contributed by atoms with Gasteiger partial charge < -0.3 is 15.5 Å². The monoisotopic (exact) mass is 428 g/mol. The Labute approximate surface area is 155 Å². The van der Waals surface area contributed by atoms with Crippen LogP contribution in [0.3, 0.4) is 0 Å². The molecule has 0 saturated carbocycles. The number of nitrogens with one attached hydrogen (secondary N) is 2. The van der Waals surface area contributed by atoms with Gasteiger partial charge >= 0.3 is 0 Å². The van der Waals surface area contributed by atoms with E-state index in [-0.39, 0.29) is 29.9 Å². The lowest BCUT2D eigenvalue weighted by Gasteiger charge is -2.17. The number of aliphatic imine (C=N–C) groups is 1. The van der Waals surface area contributed by atoms with Crippen LogP contribution >= 0.6 is 24.0 Å². The van der Waals surface area contributed by atoms with Gasteiger partial charge in [-0.1, -0.05) is 24.3 Å². The highest BCUT2D eigenvalue weighted by molar-refractivity contribution is 14.0. The molecule has 0 aromatic heterocycles. The number of guanidine groups is 1. The molecule has 0 heterocycles. The number of hydrogen-bond acceptors (Lipinski definition) is 2. The van der Waals surface area contributed by atoms with Gasteiger partial charge in [-0.3, -0.25) is 9.79 Å². The van der Waals surface area contributed by atoms with Crippen LogP contribution in [0.4, 0.5) is 0 Å². The van der Waals surface area contributed by atoms with Crippen LogP contribution in [-0.4, -0.2) is 44.0 Å². The van der Waals surface area contributed by atoms with Crippen LogP contribution in [0, 0.1) is 0 Å². The van der Waals surface area contributed by atoms with E-state index in [2.05, 4.69) is 27.8 Å². The lowest BCUT2D eigenvalue weighted by molar-refractivity contribution is 0.0827. The molecule has 0 fully saturated rings. The molecule has 1 amide bonds. The van der Waals surface area contributed by atoms with E-state index in [1.54, 1.807) is 26.0 Å². The molecule has 0 aliphatic heterocycles. The second kappa shape index (κ2) is 9.54. The van der Waals surface area contributed by atoms with Crippen LogP contribution in [0.15, 0.2) is 41.4 Å². The summed E-state index contributed by atoms with van der Waals surface area (Å²) < 4.78 is 0. The minimum atomic E-state index is 0. The zero-order chi connectivity index (χ0) is 15.9. The predicted octanol–water partition coefficient (Wildman–Crippen LogP) is 2.39. The lowest BCUT2D eigenvalue weighted by Crippen LogP contribution is -2.42. The van der Waals surface area contributed by atoms with Crippen LogP contribution in [-0.2, 0) is 6.54 Å². The minimum absolute atomic E-state index is 0. The predicted molar refractivity (Wildman–Crippen MR) is 105 cm³/mol. The summed E-state index contributed by atoms with van der Waals surface area (Å²) in [7, 11) is 5.28. The molecule has 0 saturated heterocycles. The fourth-order valence-electron chi connectivity index (χ4n) is 2.33. The van der Waals surface area contributed by atoms with E-state index in [1.165, 1.54) is 0 Å². The fraction of sp³-hybridized carbons (Fsp3) is 0.412. The van der Waals surface area contributed by atoms with Gasteiger partial charge in [-0.2, -0.15) is 0 Å². The average Bonchev–Trinajstić information content (AvgIpc) is 3.04. The van der Waals surface area contributed by atoms with Crippen LogP contribution < -0.4 is 10.6 Å². The summed E-state index contributed by atoms with van der Waals surface area (Å²) in [6.07, 6.45) is 6.46. The van der Waals surface area contributed by atoms with Crippen molar-refractivity contribution in [2.45, 2.75) is 25.4 Å². The number of carbonyl (C=O) groups excluding carboxylic acids is 1. The van der Waals surface area contributed by atoms with Gasteiger partial charge in [-0.25, -0.2) is 0 Å². The molecule has 0 radical (unpaired) electrons. The first-order valence-corrected chi connectivity index (χ1v) is 7.53. The standard InChI is InChI=1S/C17H24N4O.HI/c1-18-17(20-15-6-4-5-7-15)19-12-13-8-10-14(11-9-13)16(22)21(2)3;/h4-5,8-11,15H,6-7,12H2,1-3H3,(H2,18,19,20);1H. The molecule has 126 valence electrons. The Kier molecular flexibility index (Phi) is 8.08. The maximum absolute atomic E-state index is 11.8. The molecular formula is C17H25IN4O. The van der Waals surface area contributed by atoms with Crippen LogP contribution in [0.5, 0.6) is 0 Å². The molecule has 0 unspecified atom stereocenters. The maximum Gasteiger partial charge on any atom is 0.253 e. The van der Waals surface area contributed by atoms with Gasteiger partial charge in [0.15, 0.2) is 5.96 Å². The zero-order valence-corrected chi connectivity index (χ0v) is 16.2. The maximum atomic E-state index is 11.8. The molecule has 1 aliphatic carbocycles. The summed E-state index contributed by atoms with van der Waals surface area (Å²) in [5.74, 6) is 0.827. The highest BCUT2D eigenvalue weighted by Crippen LogP contribution is 2.09. The molecule has 2 N–H and O–H groups in total. The third-order valence-corrected chi connectivity index (χ3v) is 3.64. The first-order valence-electron chi connectivity index (χ1n) is 7.53. The molecule has 0 atom stereocenters. The Morgan fingerprint density at radius 3 is 2.35 bits per heavy atom. The van der Waals surface area contributed by atoms with Gasteiger partial charge in [-0.15, -0.1) is 24.0 Å². The molecule has 2 rings (SSSR count).